The van der Waals surface area contributed by atoms with Crippen molar-refractivity contribution in [3.8, 4) is 17.6 Å². The van der Waals surface area contributed by atoms with Crippen molar-refractivity contribution in [2.24, 2.45) is 0 Å². The van der Waals surface area contributed by atoms with Gasteiger partial charge >= 0.3 is 0 Å². The number of likely N-dealkylation sites (tertiary alicyclic amines) is 1. The van der Waals surface area contributed by atoms with E-state index in [1.54, 1.807) is 29.2 Å². The molecule has 6 rings (SSSR count). The fourth-order valence-electron chi connectivity index (χ4n) is 6.60. The van der Waals surface area contributed by atoms with Crippen LogP contribution in [-0.2, 0) is 9.53 Å². The Kier molecular flexibility index (Phi) is 10.2. The first-order chi connectivity index (χ1) is 23.6. The zero-order valence-electron chi connectivity index (χ0n) is 27.9. The van der Waals surface area contributed by atoms with Gasteiger partial charge in [0.1, 0.15) is 46.9 Å². The Morgan fingerprint density at radius 2 is 1.88 bits per heavy atom. The number of amides is 1. The largest absolute Gasteiger partial charge is 0.457 e. The Bertz CT molecular complexity index is 1750. The van der Waals surface area contributed by atoms with E-state index >= 15 is 4.39 Å². The third-order valence-electron chi connectivity index (χ3n) is 9.48. The highest BCUT2D eigenvalue weighted by molar-refractivity contribution is 6.16. The van der Waals surface area contributed by atoms with E-state index in [2.05, 4.69) is 31.2 Å². The van der Waals surface area contributed by atoms with Crippen LogP contribution >= 0.6 is 0 Å². The van der Waals surface area contributed by atoms with E-state index in [0.29, 0.717) is 43.5 Å². The van der Waals surface area contributed by atoms with Gasteiger partial charge in [-0.1, -0.05) is 18.2 Å². The van der Waals surface area contributed by atoms with Crippen molar-refractivity contribution in [2.75, 3.05) is 63.5 Å². The Hall–Kier alpha value is -4.90. The van der Waals surface area contributed by atoms with Crippen molar-refractivity contribution in [1.82, 2.24) is 24.7 Å². The van der Waals surface area contributed by atoms with Gasteiger partial charge in [-0.05, 0) is 57.0 Å². The number of nitrogen functional groups attached to an aromatic ring is 1. The molecule has 0 spiro atoms. The topological polar surface area (TPSA) is 157 Å². The van der Waals surface area contributed by atoms with E-state index in [1.165, 1.54) is 18.5 Å². The van der Waals surface area contributed by atoms with Crippen molar-refractivity contribution >= 4 is 23.3 Å². The molecule has 1 amide bonds. The molecule has 3 saturated heterocycles. The molecule has 0 bridgehead atoms. The minimum Gasteiger partial charge on any atom is -0.457 e. The Morgan fingerprint density at radius 1 is 1.12 bits per heavy atom. The highest BCUT2D eigenvalue weighted by atomic mass is 19.1. The molecule has 3 aliphatic heterocycles. The van der Waals surface area contributed by atoms with E-state index in [1.807, 2.05) is 32.0 Å². The number of nitrogens with two attached hydrogens (primary N) is 1. The average molecular weight is 668 g/mol. The van der Waals surface area contributed by atoms with Crippen molar-refractivity contribution in [1.29, 1.82) is 10.7 Å². The number of nitrogens with zero attached hydrogens (tertiary/aromatic N) is 6. The monoisotopic (exact) mass is 667 g/mol. The summed E-state index contributed by atoms with van der Waals surface area (Å²) in [6.45, 7) is 10.0. The molecule has 0 aliphatic carbocycles. The van der Waals surface area contributed by atoms with Gasteiger partial charge in [0.25, 0.3) is 5.91 Å². The van der Waals surface area contributed by atoms with Gasteiger partial charge in [-0.25, -0.2) is 14.4 Å². The minimum absolute atomic E-state index is 0.00953. The van der Waals surface area contributed by atoms with Gasteiger partial charge in [0.05, 0.1) is 30.5 Å². The quantitative estimate of drug-likeness (QED) is 0.164. The standard InChI is InChI=1S/C36H42FN9O3/c1-36(2,46-15-13-44(14-16-46)26-21-48-22-26)18-24(19-38)35(47)45-12-6-7-25(20-45)43-34-31(33(40)41-23-42-34)32(39)29-11-10-28(17-30(29)37)49-27-8-4-3-5-9-27/h3-5,8-11,17-18,23,25-26,39H,6-7,12-16,20-22H2,1-2H3,(H3,40,41,42,43)/b24-18-,39-32?. The van der Waals surface area contributed by atoms with Gasteiger partial charge in [-0.2, -0.15) is 5.26 Å². The number of nitrogens with one attached hydrogen (secondary N) is 2. The number of hydrogen-bond acceptors (Lipinski definition) is 11. The number of halogens is 1. The number of benzene rings is 2. The smallest absolute Gasteiger partial charge is 0.264 e. The van der Waals surface area contributed by atoms with Gasteiger partial charge in [0.2, 0.25) is 0 Å². The predicted octanol–water partition coefficient (Wildman–Crippen LogP) is 4.05. The third kappa shape index (κ3) is 7.72. The summed E-state index contributed by atoms with van der Waals surface area (Å²) in [5.41, 5.74) is 5.85. The number of hydrogen-bond donors (Lipinski definition) is 3. The normalized spacial score (nSPS) is 19.5. The molecule has 49 heavy (non-hydrogen) atoms. The molecule has 256 valence electrons. The summed E-state index contributed by atoms with van der Waals surface area (Å²) in [5, 5.41) is 22.3. The predicted molar refractivity (Wildman–Crippen MR) is 184 cm³/mol. The molecule has 0 radical (unpaired) electrons. The van der Waals surface area contributed by atoms with Crippen LogP contribution in [0, 0.1) is 22.6 Å². The van der Waals surface area contributed by atoms with Crippen LogP contribution in [0.25, 0.3) is 0 Å². The Labute approximate surface area is 285 Å². The van der Waals surface area contributed by atoms with Crippen LogP contribution in [0.4, 0.5) is 16.0 Å². The zero-order valence-corrected chi connectivity index (χ0v) is 27.9. The summed E-state index contributed by atoms with van der Waals surface area (Å²) < 4.78 is 26.4. The van der Waals surface area contributed by atoms with Gasteiger partial charge in [0, 0.05) is 62.5 Å². The minimum atomic E-state index is -0.657. The van der Waals surface area contributed by atoms with Gasteiger partial charge in [-0.15, -0.1) is 0 Å². The number of piperidine rings is 1. The molecule has 0 saturated carbocycles. The first-order valence-electron chi connectivity index (χ1n) is 16.6. The number of carbonyl (C=O) groups is 1. The van der Waals surface area contributed by atoms with Crippen LogP contribution in [-0.4, -0.2) is 106 Å². The van der Waals surface area contributed by atoms with Crippen LogP contribution in [0.3, 0.4) is 0 Å². The van der Waals surface area contributed by atoms with E-state index in [-0.39, 0.29) is 46.0 Å². The summed E-state index contributed by atoms with van der Waals surface area (Å²) in [7, 11) is 0. The van der Waals surface area contributed by atoms with E-state index in [0.717, 1.165) is 39.4 Å². The summed E-state index contributed by atoms with van der Waals surface area (Å²) in [5.74, 6) is 0.170. The molecule has 13 heteroatoms. The fourth-order valence-corrected chi connectivity index (χ4v) is 6.60. The second kappa shape index (κ2) is 14.7. The van der Waals surface area contributed by atoms with E-state index in [4.69, 9.17) is 20.6 Å². The molecule has 12 nitrogen and oxygen atoms in total. The number of piperazine rings is 1. The van der Waals surface area contributed by atoms with Crippen molar-refractivity contribution in [3.63, 3.8) is 0 Å². The molecule has 3 fully saturated rings. The maximum atomic E-state index is 15.4. The summed E-state index contributed by atoms with van der Waals surface area (Å²) >= 11 is 0. The molecular weight excluding hydrogens is 625 g/mol. The maximum Gasteiger partial charge on any atom is 0.264 e. The number of para-hydroxylation sites is 1. The number of anilines is 2. The number of rotatable bonds is 10. The number of carbonyl (C=O) groups excluding carboxylic acids is 1. The zero-order chi connectivity index (χ0) is 34.5. The number of aromatic nitrogens is 2. The van der Waals surface area contributed by atoms with Gasteiger partial charge < -0.3 is 25.4 Å². The summed E-state index contributed by atoms with van der Waals surface area (Å²) in [6, 6.07) is 15.7. The Morgan fingerprint density at radius 3 is 2.55 bits per heavy atom. The van der Waals surface area contributed by atoms with Crippen LogP contribution in [0.2, 0.25) is 0 Å². The molecule has 3 aliphatic rings. The van der Waals surface area contributed by atoms with E-state index in [9.17, 15) is 10.1 Å². The summed E-state index contributed by atoms with van der Waals surface area (Å²) in [4.78, 5) is 28.6. The van der Waals surface area contributed by atoms with Crippen LogP contribution in [0.5, 0.6) is 11.5 Å². The second-order valence-electron chi connectivity index (χ2n) is 13.2. The molecule has 3 aromatic rings. The lowest BCUT2D eigenvalue weighted by molar-refractivity contribution is -0.127. The third-order valence-corrected chi connectivity index (χ3v) is 9.48. The van der Waals surface area contributed by atoms with Crippen molar-refractivity contribution in [2.45, 2.75) is 44.3 Å². The molecule has 4 heterocycles. The SMILES string of the molecule is CC(C)(/C=C(/C#N)C(=O)N1CCCC(Nc2ncnc(N)c2C(=N)c2ccc(Oc3ccccc3)cc2F)C1)N1CCN(C2COC2)CC1. The fraction of sp³-hybridized carbons (Fsp3) is 0.417. The highest BCUT2D eigenvalue weighted by Crippen LogP contribution is 2.29. The van der Waals surface area contributed by atoms with Crippen LogP contribution in [0.15, 0.2) is 66.5 Å². The summed E-state index contributed by atoms with van der Waals surface area (Å²) in [6.07, 6.45) is 4.49. The van der Waals surface area contributed by atoms with Crippen molar-refractivity contribution in [3.05, 3.63) is 83.5 Å². The lowest BCUT2D eigenvalue weighted by Crippen LogP contribution is -2.59. The lowest BCUT2D eigenvalue weighted by atomic mass is 9.96. The number of ether oxygens (including phenoxy) is 2. The average Bonchev–Trinajstić information content (AvgIpc) is 3.07. The van der Waals surface area contributed by atoms with Crippen LogP contribution in [0.1, 0.15) is 37.8 Å². The van der Waals surface area contributed by atoms with Crippen LogP contribution < -0.4 is 15.8 Å². The molecule has 2 aromatic carbocycles. The van der Waals surface area contributed by atoms with Gasteiger partial charge in [-0.3, -0.25) is 20.0 Å². The molecule has 4 N–H and O–H groups in total. The van der Waals surface area contributed by atoms with Crippen molar-refractivity contribution < 1.29 is 18.7 Å². The first-order valence-corrected chi connectivity index (χ1v) is 16.6. The highest BCUT2D eigenvalue weighted by Gasteiger charge is 2.35. The maximum absolute atomic E-state index is 15.4. The van der Waals surface area contributed by atoms with E-state index < -0.39 is 11.4 Å². The number of nitriles is 1. The molecule has 1 atom stereocenters. The molecule has 1 unspecified atom stereocenters. The second-order valence-corrected chi connectivity index (χ2v) is 13.2. The lowest BCUT2D eigenvalue weighted by Gasteiger charge is -2.46. The first kappa shape index (κ1) is 34.0. The Balaban J connectivity index is 1.13. The van der Waals surface area contributed by atoms with Gasteiger partial charge in [0.15, 0.2) is 0 Å². The molecular formula is C36H42FN9O3. The molecule has 1 aromatic heterocycles.